The molecule has 1 saturated carbocycles. The van der Waals surface area contributed by atoms with Gasteiger partial charge in [-0.3, -0.25) is 9.59 Å². The van der Waals surface area contributed by atoms with Gasteiger partial charge in [-0.1, -0.05) is 6.42 Å². The van der Waals surface area contributed by atoms with Crippen molar-refractivity contribution in [2.45, 2.75) is 19.3 Å². The molecule has 2 unspecified atom stereocenters. The van der Waals surface area contributed by atoms with Crippen LogP contribution in [0.1, 0.15) is 29.8 Å². The number of aliphatic carboxylic acids is 1. The highest BCUT2D eigenvalue weighted by atomic mass is 79.9. The summed E-state index contributed by atoms with van der Waals surface area (Å²) in [7, 11) is 0. The normalized spacial score (nSPS) is 22.2. The van der Waals surface area contributed by atoms with Gasteiger partial charge in [-0.05, 0) is 46.8 Å². The summed E-state index contributed by atoms with van der Waals surface area (Å²) in [4.78, 5) is 27.0. The molecule has 0 spiro atoms. The van der Waals surface area contributed by atoms with E-state index in [1.807, 2.05) is 0 Å². The molecule has 0 aromatic carbocycles. The molecule has 1 aliphatic carbocycles. The van der Waals surface area contributed by atoms with E-state index in [4.69, 9.17) is 5.11 Å². The zero-order valence-corrected chi connectivity index (χ0v) is 11.9. The molecular formula is C13H15BrN2O3. The van der Waals surface area contributed by atoms with Crippen LogP contribution >= 0.6 is 15.9 Å². The van der Waals surface area contributed by atoms with Crippen LogP contribution in [-0.2, 0) is 4.79 Å². The molecule has 2 rings (SSSR count). The molecule has 5 nitrogen and oxygen atoms in total. The lowest BCUT2D eigenvalue weighted by molar-refractivity contribution is -0.142. The van der Waals surface area contributed by atoms with Crippen molar-refractivity contribution in [3.05, 3.63) is 28.5 Å². The van der Waals surface area contributed by atoms with E-state index in [1.54, 1.807) is 18.3 Å². The number of halogens is 1. The van der Waals surface area contributed by atoms with Crippen LogP contribution in [0, 0.1) is 11.8 Å². The molecule has 2 atom stereocenters. The fraction of sp³-hybridized carbons (Fsp3) is 0.462. The first-order valence-electron chi connectivity index (χ1n) is 6.21. The Morgan fingerprint density at radius 3 is 2.95 bits per heavy atom. The number of aromatic nitrogens is 1. The summed E-state index contributed by atoms with van der Waals surface area (Å²) in [6.45, 7) is 0.388. The van der Waals surface area contributed by atoms with Crippen molar-refractivity contribution in [3.63, 3.8) is 0 Å². The number of carbonyl (C=O) groups is 2. The second kappa shape index (κ2) is 6.14. The van der Waals surface area contributed by atoms with Crippen molar-refractivity contribution in [2.24, 2.45) is 11.8 Å². The van der Waals surface area contributed by atoms with Crippen molar-refractivity contribution in [1.29, 1.82) is 0 Å². The smallest absolute Gasteiger partial charge is 0.306 e. The largest absolute Gasteiger partial charge is 0.481 e. The minimum absolute atomic E-state index is 0.0175. The van der Waals surface area contributed by atoms with E-state index >= 15 is 0 Å². The van der Waals surface area contributed by atoms with Crippen molar-refractivity contribution in [1.82, 2.24) is 10.3 Å². The third-order valence-corrected chi connectivity index (χ3v) is 4.11. The average Bonchev–Trinajstić information content (AvgIpc) is 2.85. The van der Waals surface area contributed by atoms with Gasteiger partial charge >= 0.3 is 5.97 Å². The molecule has 1 aromatic heterocycles. The van der Waals surface area contributed by atoms with E-state index in [0.717, 1.165) is 12.8 Å². The minimum atomic E-state index is -0.768. The Hall–Kier alpha value is -1.43. The SMILES string of the molecule is O=C(NCC1CCCC1C(=O)O)c1ncccc1Br. The third-order valence-electron chi connectivity index (χ3n) is 3.47. The molecule has 0 radical (unpaired) electrons. The van der Waals surface area contributed by atoms with Crippen molar-refractivity contribution in [2.75, 3.05) is 6.54 Å². The quantitative estimate of drug-likeness (QED) is 0.887. The van der Waals surface area contributed by atoms with Crippen molar-refractivity contribution >= 4 is 27.8 Å². The van der Waals surface area contributed by atoms with E-state index in [9.17, 15) is 9.59 Å². The van der Waals surface area contributed by atoms with Crippen LogP contribution in [0.4, 0.5) is 0 Å². The average molecular weight is 327 g/mol. The van der Waals surface area contributed by atoms with Gasteiger partial charge in [0.1, 0.15) is 5.69 Å². The highest BCUT2D eigenvalue weighted by molar-refractivity contribution is 9.10. The number of nitrogens with one attached hydrogen (secondary N) is 1. The lowest BCUT2D eigenvalue weighted by Crippen LogP contribution is -2.33. The van der Waals surface area contributed by atoms with Gasteiger partial charge in [0.2, 0.25) is 0 Å². The molecule has 0 saturated heterocycles. The molecule has 6 heteroatoms. The molecule has 0 bridgehead atoms. The summed E-state index contributed by atoms with van der Waals surface area (Å²) in [6, 6.07) is 3.48. The second-order valence-electron chi connectivity index (χ2n) is 4.68. The standard InChI is InChI=1S/C13H15BrN2O3/c14-10-5-2-6-15-11(10)12(17)16-7-8-3-1-4-9(8)13(18)19/h2,5-6,8-9H,1,3-4,7H2,(H,16,17)(H,18,19). The van der Waals surface area contributed by atoms with Crippen molar-refractivity contribution in [3.8, 4) is 0 Å². The number of carboxylic acid groups (broad SMARTS) is 1. The molecule has 1 fully saturated rings. The number of carbonyl (C=O) groups excluding carboxylic acids is 1. The number of hydrogen-bond donors (Lipinski definition) is 2. The predicted octanol–water partition coefficient (Wildman–Crippen LogP) is 2.07. The Morgan fingerprint density at radius 1 is 1.47 bits per heavy atom. The molecule has 2 N–H and O–H groups in total. The summed E-state index contributed by atoms with van der Waals surface area (Å²) < 4.78 is 0.633. The first kappa shape index (κ1) is 14.0. The minimum Gasteiger partial charge on any atom is -0.481 e. The Kier molecular flexibility index (Phi) is 4.52. The van der Waals surface area contributed by atoms with E-state index in [0.29, 0.717) is 23.1 Å². The predicted molar refractivity (Wildman–Crippen MR) is 72.7 cm³/mol. The van der Waals surface area contributed by atoms with Crippen LogP contribution < -0.4 is 5.32 Å². The number of pyridine rings is 1. The van der Waals surface area contributed by atoms with Crippen LogP contribution in [0.3, 0.4) is 0 Å². The van der Waals surface area contributed by atoms with Crippen LogP contribution in [0.25, 0.3) is 0 Å². The summed E-state index contributed by atoms with van der Waals surface area (Å²) in [5.74, 6) is -1.37. The van der Waals surface area contributed by atoms with E-state index in [-0.39, 0.29) is 17.7 Å². The molecule has 0 aliphatic heterocycles. The molecule has 102 valence electrons. The van der Waals surface area contributed by atoms with E-state index in [1.165, 1.54) is 0 Å². The summed E-state index contributed by atoms with van der Waals surface area (Å²) in [5, 5.41) is 11.8. The van der Waals surface area contributed by atoms with Crippen LogP contribution in [0.2, 0.25) is 0 Å². The highest BCUT2D eigenvalue weighted by Gasteiger charge is 2.33. The number of carboxylic acids is 1. The molecule has 1 amide bonds. The van der Waals surface area contributed by atoms with Crippen LogP contribution in [-0.4, -0.2) is 28.5 Å². The maximum absolute atomic E-state index is 11.9. The van der Waals surface area contributed by atoms with Gasteiger partial charge in [-0.25, -0.2) is 4.98 Å². The summed E-state index contributed by atoms with van der Waals surface area (Å²) >= 11 is 3.27. The number of hydrogen-bond acceptors (Lipinski definition) is 3. The number of rotatable bonds is 4. The highest BCUT2D eigenvalue weighted by Crippen LogP contribution is 2.31. The Morgan fingerprint density at radius 2 is 2.26 bits per heavy atom. The van der Waals surface area contributed by atoms with E-state index < -0.39 is 5.97 Å². The van der Waals surface area contributed by atoms with Crippen LogP contribution in [0.5, 0.6) is 0 Å². The molecule has 1 heterocycles. The first-order valence-corrected chi connectivity index (χ1v) is 7.00. The van der Waals surface area contributed by atoms with Gasteiger partial charge in [-0.2, -0.15) is 0 Å². The van der Waals surface area contributed by atoms with Crippen LogP contribution in [0.15, 0.2) is 22.8 Å². The monoisotopic (exact) mass is 326 g/mol. The van der Waals surface area contributed by atoms with Gasteiger partial charge < -0.3 is 10.4 Å². The molecular weight excluding hydrogens is 312 g/mol. The summed E-state index contributed by atoms with van der Waals surface area (Å²) in [5.41, 5.74) is 0.326. The Labute approximate surface area is 119 Å². The topological polar surface area (TPSA) is 79.3 Å². The molecule has 1 aromatic rings. The lowest BCUT2D eigenvalue weighted by atomic mass is 9.96. The first-order chi connectivity index (χ1) is 9.09. The van der Waals surface area contributed by atoms with Gasteiger partial charge in [0.05, 0.1) is 5.92 Å². The fourth-order valence-corrected chi connectivity index (χ4v) is 2.90. The second-order valence-corrected chi connectivity index (χ2v) is 5.53. The Balaban J connectivity index is 1.94. The van der Waals surface area contributed by atoms with Gasteiger partial charge in [0.15, 0.2) is 0 Å². The van der Waals surface area contributed by atoms with Gasteiger partial charge in [0, 0.05) is 17.2 Å². The lowest BCUT2D eigenvalue weighted by Gasteiger charge is -2.16. The zero-order valence-electron chi connectivity index (χ0n) is 10.3. The van der Waals surface area contributed by atoms with Crippen molar-refractivity contribution < 1.29 is 14.7 Å². The van der Waals surface area contributed by atoms with E-state index in [2.05, 4.69) is 26.2 Å². The maximum Gasteiger partial charge on any atom is 0.306 e. The maximum atomic E-state index is 11.9. The number of nitrogens with zero attached hydrogens (tertiary/aromatic N) is 1. The Bertz CT molecular complexity index is 493. The van der Waals surface area contributed by atoms with Gasteiger partial charge in [0.25, 0.3) is 5.91 Å². The number of amides is 1. The zero-order chi connectivity index (χ0) is 13.8. The third kappa shape index (κ3) is 3.32. The fourth-order valence-electron chi connectivity index (χ4n) is 2.47. The van der Waals surface area contributed by atoms with Gasteiger partial charge in [-0.15, -0.1) is 0 Å². The summed E-state index contributed by atoms with van der Waals surface area (Å²) in [6.07, 6.45) is 4.00. The molecule has 1 aliphatic rings. The molecule has 19 heavy (non-hydrogen) atoms.